The zero-order chi connectivity index (χ0) is 27.8. The Kier molecular flexibility index (Phi) is 5.43. The Bertz CT molecular complexity index is 1870. The van der Waals surface area contributed by atoms with Crippen LogP contribution in [-0.4, -0.2) is 9.97 Å². The van der Waals surface area contributed by atoms with E-state index < -0.39 is 0 Å². The van der Waals surface area contributed by atoms with Gasteiger partial charge in [-0.3, -0.25) is 0 Å². The zero-order valence-corrected chi connectivity index (χ0v) is 24.2. The van der Waals surface area contributed by atoms with E-state index in [9.17, 15) is 0 Å². The molecule has 1 unspecified atom stereocenters. The third-order valence-corrected chi connectivity index (χ3v) is 9.81. The summed E-state index contributed by atoms with van der Waals surface area (Å²) in [4.78, 5) is 9.70. The predicted octanol–water partition coefficient (Wildman–Crippen LogP) is 9.78. The predicted molar refractivity (Wildman–Crippen MR) is 169 cm³/mol. The average Bonchev–Trinajstić information content (AvgIpc) is 3.44. The molecule has 1 heterocycles. The lowest BCUT2D eigenvalue weighted by Gasteiger charge is -2.35. The molecule has 0 bridgehead atoms. The van der Waals surface area contributed by atoms with E-state index in [1.54, 1.807) is 0 Å². The minimum absolute atomic E-state index is 0.155. The molecule has 0 fully saturated rings. The van der Waals surface area contributed by atoms with Gasteiger partial charge in [0.15, 0.2) is 0 Å². The third-order valence-electron chi connectivity index (χ3n) is 9.64. The van der Waals surface area contributed by atoms with Crippen LogP contribution in [0.5, 0.6) is 0 Å². The highest BCUT2D eigenvalue weighted by molar-refractivity contribution is 6.28. The van der Waals surface area contributed by atoms with Crippen molar-refractivity contribution >= 4 is 17.2 Å². The number of aromatic nitrogens is 2. The Morgan fingerprint density at radius 3 is 2.32 bits per heavy atom. The van der Waals surface area contributed by atoms with Crippen LogP contribution >= 0.6 is 11.6 Å². The lowest BCUT2D eigenvalue weighted by Crippen LogP contribution is -2.29. The summed E-state index contributed by atoms with van der Waals surface area (Å²) in [6.07, 6.45) is 15.9. The minimum atomic E-state index is -0.362. The number of halogens is 1. The van der Waals surface area contributed by atoms with Gasteiger partial charge in [-0.25, -0.2) is 9.97 Å². The first-order valence-electron chi connectivity index (χ1n) is 14.7. The van der Waals surface area contributed by atoms with Crippen LogP contribution in [0.25, 0.3) is 28.0 Å². The first-order chi connectivity index (χ1) is 20.0. The maximum Gasteiger partial charge on any atom is 0.223 e. The van der Waals surface area contributed by atoms with Crippen molar-refractivity contribution in [1.29, 1.82) is 0 Å². The number of hydrogen-bond acceptors (Lipinski definition) is 2. The van der Waals surface area contributed by atoms with E-state index in [1.807, 2.05) is 0 Å². The summed E-state index contributed by atoms with van der Waals surface area (Å²) in [5, 5.41) is 0.305. The number of hydrogen-bond donors (Lipinski definition) is 0. The second-order valence-corrected chi connectivity index (χ2v) is 12.4. The van der Waals surface area contributed by atoms with Crippen LogP contribution < -0.4 is 0 Å². The van der Waals surface area contributed by atoms with Crippen molar-refractivity contribution in [2.45, 2.75) is 50.4 Å². The smallest absolute Gasteiger partial charge is 0.218 e. The highest BCUT2D eigenvalue weighted by atomic mass is 35.5. The van der Waals surface area contributed by atoms with Crippen molar-refractivity contribution in [3.8, 4) is 22.4 Å². The van der Waals surface area contributed by atoms with Gasteiger partial charge in [-0.05, 0) is 76.7 Å². The molecule has 4 aliphatic carbocycles. The molecule has 3 heteroatoms. The molecule has 200 valence electrons. The summed E-state index contributed by atoms with van der Waals surface area (Å²) >= 11 is 6.64. The van der Waals surface area contributed by atoms with Gasteiger partial charge < -0.3 is 0 Å². The summed E-state index contributed by atoms with van der Waals surface area (Å²) in [5.74, 6) is 0. The molecule has 2 nitrogen and oxygen atoms in total. The average molecular weight is 551 g/mol. The Balaban J connectivity index is 1.40. The molecule has 3 aromatic carbocycles. The third kappa shape index (κ3) is 3.38. The number of nitrogens with zero attached hydrogens (tertiary/aromatic N) is 2. The highest BCUT2D eigenvalue weighted by Gasteiger charge is 2.47. The van der Waals surface area contributed by atoms with Crippen LogP contribution in [-0.2, 0) is 10.8 Å². The SMILES string of the molecule is CC1(C)C2=C(C=CCC2)c2nc(Cl)nc(-c3ccc4c(c3)-c3ccccc3C4(C3=CCCC=C3)c3ccccc3)c21. The molecule has 0 amide bonds. The number of fused-ring (bicyclic) bond motifs is 5. The monoisotopic (exact) mass is 550 g/mol. The van der Waals surface area contributed by atoms with E-state index in [0.29, 0.717) is 5.28 Å². The fourth-order valence-corrected chi connectivity index (χ4v) is 8.08. The summed E-state index contributed by atoms with van der Waals surface area (Å²) in [5.41, 5.74) is 14.2. The van der Waals surface area contributed by atoms with Gasteiger partial charge >= 0.3 is 0 Å². The van der Waals surface area contributed by atoms with Crippen molar-refractivity contribution in [1.82, 2.24) is 9.97 Å². The molecule has 41 heavy (non-hydrogen) atoms. The summed E-state index contributed by atoms with van der Waals surface area (Å²) < 4.78 is 0. The van der Waals surface area contributed by atoms with Gasteiger partial charge in [-0.15, -0.1) is 0 Å². The fraction of sp³-hybridized carbons (Fsp3) is 0.211. The second kappa shape index (κ2) is 8.99. The molecule has 0 radical (unpaired) electrons. The van der Waals surface area contributed by atoms with Crippen molar-refractivity contribution in [3.63, 3.8) is 0 Å². The van der Waals surface area contributed by atoms with Crippen molar-refractivity contribution in [3.05, 3.63) is 148 Å². The Hall–Kier alpha value is -4.01. The van der Waals surface area contributed by atoms with E-state index in [0.717, 1.165) is 42.6 Å². The highest BCUT2D eigenvalue weighted by Crippen LogP contribution is 2.58. The Labute approximate surface area is 246 Å². The van der Waals surface area contributed by atoms with Gasteiger partial charge in [0.2, 0.25) is 5.28 Å². The molecule has 0 saturated heterocycles. The zero-order valence-electron chi connectivity index (χ0n) is 23.4. The lowest BCUT2D eigenvalue weighted by atomic mass is 9.66. The van der Waals surface area contributed by atoms with Gasteiger partial charge in [0.25, 0.3) is 0 Å². The maximum absolute atomic E-state index is 6.64. The molecule has 1 atom stereocenters. The first-order valence-corrected chi connectivity index (χ1v) is 15.0. The van der Waals surface area contributed by atoms with E-state index in [-0.39, 0.29) is 10.8 Å². The molecule has 0 aliphatic heterocycles. The summed E-state index contributed by atoms with van der Waals surface area (Å²) in [7, 11) is 0. The number of allylic oxidation sites excluding steroid dienone is 8. The number of rotatable bonds is 3. The van der Waals surface area contributed by atoms with Crippen molar-refractivity contribution < 1.29 is 0 Å². The first kappa shape index (κ1) is 24.8. The van der Waals surface area contributed by atoms with Gasteiger partial charge in [-0.2, -0.15) is 0 Å². The van der Waals surface area contributed by atoms with E-state index in [1.165, 1.54) is 50.1 Å². The van der Waals surface area contributed by atoms with E-state index in [2.05, 4.69) is 117 Å². The molecule has 4 aromatic rings. The van der Waals surface area contributed by atoms with Gasteiger partial charge in [-0.1, -0.05) is 117 Å². The van der Waals surface area contributed by atoms with Crippen LogP contribution in [0.1, 0.15) is 67.5 Å². The topological polar surface area (TPSA) is 25.8 Å². The molecule has 1 aromatic heterocycles. The molecule has 0 saturated carbocycles. The van der Waals surface area contributed by atoms with Crippen LogP contribution in [0, 0.1) is 0 Å². The van der Waals surface area contributed by atoms with Gasteiger partial charge in [0.05, 0.1) is 16.8 Å². The standard InChI is InChI=1S/C38H31ClN2/c1-37(2)30-19-11-10-18-28(30)35-33(37)34(40-36(39)41-35)24-21-22-32-29(23-24)27-17-9-12-20-31(27)38(32,25-13-5-3-6-14-25)26-15-7-4-8-16-26/h3,5-7,9-10,12-18,20-23H,4,8,11,19H2,1-2H3. The molecular weight excluding hydrogens is 520 g/mol. The quantitative estimate of drug-likeness (QED) is 0.237. The number of benzene rings is 3. The Morgan fingerprint density at radius 2 is 1.49 bits per heavy atom. The van der Waals surface area contributed by atoms with Crippen molar-refractivity contribution in [2.24, 2.45) is 0 Å². The molecule has 0 spiro atoms. The van der Waals surface area contributed by atoms with E-state index >= 15 is 0 Å². The summed E-state index contributed by atoms with van der Waals surface area (Å²) in [6, 6.07) is 26.9. The van der Waals surface area contributed by atoms with Crippen LogP contribution in [0.3, 0.4) is 0 Å². The van der Waals surface area contributed by atoms with Crippen molar-refractivity contribution in [2.75, 3.05) is 0 Å². The fourth-order valence-electron chi connectivity index (χ4n) is 7.92. The van der Waals surface area contributed by atoms with E-state index in [4.69, 9.17) is 21.6 Å². The molecule has 8 rings (SSSR count). The van der Waals surface area contributed by atoms with Crippen LogP contribution in [0.2, 0.25) is 5.28 Å². The lowest BCUT2D eigenvalue weighted by molar-refractivity contribution is 0.605. The van der Waals surface area contributed by atoms with Gasteiger partial charge in [0.1, 0.15) is 0 Å². The molecular formula is C38H31ClN2. The van der Waals surface area contributed by atoms with Gasteiger partial charge in [0, 0.05) is 22.1 Å². The molecule has 0 N–H and O–H groups in total. The normalized spacial score (nSPS) is 21.3. The second-order valence-electron chi connectivity index (χ2n) is 12.1. The van der Waals surface area contributed by atoms with Crippen LogP contribution in [0.4, 0.5) is 0 Å². The maximum atomic E-state index is 6.64. The van der Waals surface area contributed by atoms with Crippen LogP contribution in [0.15, 0.2) is 114 Å². The largest absolute Gasteiger partial charge is 0.223 e. The minimum Gasteiger partial charge on any atom is -0.218 e. The molecule has 4 aliphatic rings. The Morgan fingerprint density at radius 1 is 0.732 bits per heavy atom. The summed E-state index contributed by atoms with van der Waals surface area (Å²) in [6.45, 7) is 4.64.